The number of thioether (sulfide) groups is 1. The van der Waals surface area contributed by atoms with Crippen molar-refractivity contribution < 1.29 is 9.53 Å². The maximum atomic E-state index is 12.8. The monoisotopic (exact) mass is 460 g/mol. The first-order chi connectivity index (χ1) is 16.2. The van der Waals surface area contributed by atoms with Crippen molar-refractivity contribution in [1.82, 2.24) is 4.90 Å². The summed E-state index contributed by atoms with van der Waals surface area (Å²) in [7, 11) is 0. The molecule has 1 fully saturated rings. The quantitative estimate of drug-likeness (QED) is 0.385. The zero-order chi connectivity index (χ0) is 22.9. The van der Waals surface area contributed by atoms with Gasteiger partial charge in [0.2, 0.25) is 5.91 Å². The molecule has 1 saturated heterocycles. The second-order valence-corrected chi connectivity index (χ2v) is 9.47. The van der Waals surface area contributed by atoms with Crippen molar-refractivity contribution in [2.45, 2.75) is 37.0 Å². The topological polar surface area (TPSA) is 41.6 Å². The number of nitrogens with zero attached hydrogens (tertiary/aromatic N) is 1. The fourth-order valence-corrected chi connectivity index (χ4v) is 5.00. The van der Waals surface area contributed by atoms with Crippen LogP contribution in [-0.4, -0.2) is 30.5 Å². The molecule has 0 atom stereocenters. The van der Waals surface area contributed by atoms with Crippen LogP contribution in [0.25, 0.3) is 0 Å². The molecule has 0 spiro atoms. The molecule has 33 heavy (non-hydrogen) atoms. The highest BCUT2D eigenvalue weighted by Crippen LogP contribution is 2.25. The summed E-state index contributed by atoms with van der Waals surface area (Å²) in [6, 6.07) is 26.9. The van der Waals surface area contributed by atoms with Crippen LogP contribution < -0.4 is 10.1 Å². The SMILES string of the molecule is CCOc1cccc(CN2CCC(C(=O)Nc3ccc(CSc4ccccc4)cc3)CC2)c1. The predicted octanol–water partition coefficient (Wildman–Crippen LogP) is 6.23. The highest BCUT2D eigenvalue weighted by molar-refractivity contribution is 7.98. The van der Waals surface area contributed by atoms with Gasteiger partial charge in [-0.3, -0.25) is 9.69 Å². The Balaban J connectivity index is 1.21. The Hall–Kier alpha value is -2.76. The fourth-order valence-electron chi connectivity index (χ4n) is 4.12. The molecule has 1 heterocycles. The van der Waals surface area contributed by atoms with Crippen LogP contribution in [0.2, 0.25) is 0 Å². The van der Waals surface area contributed by atoms with Crippen LogP contribution in [-0.2, 0) is 17.1 Å². The molecule has 0 aliphatic carbocycles. The van der Waals surface area contributed by atoms with Gasteiger partial charge < -0.3 is 10.1 Å². The van der Waals surface area contributed by atoms with E-state index in [-0.39, 0.29) is 11.8 Å². The molecule has 1 N–H and O–H groups in total. The van der Waals surface area contributed by atoms with E-state index < -0.39 is 0 Å². The van der Waals surface area contributed by atoms with Crippen LogP contribution in [0.1, 0.15) is 30.9 Å². The molecule has 3 aromatic rings. The summed E-state index contributed by atoms with van der Waals surface area (Å²) < 4.78 is 5.61. The molecular weight excluding hydrogens is 428 g/mol. The van der Waals surface area contributed by atoms with Gasteiger partial charge in [-0.25, -0.2) is 0 Å². The van der Waals surface area contributed by atoms with E-state index >= 15 is 0 Å². The molecule has 5 heteroatoms. The minimum absolute atomic E-state index is 0.0734. The van der Waals surface area contributed by atoms with E-state index in [1.807, 2.05) is 49.0 Å². The van der Waals surface area contributed by atoms with Gasteiger partial charge in [0, 0.05) is 28.8 Å². The van der Waals surface area contributed by atoms with Gasteiger partial charge in [-0.2, -0.15) is 0 Å². The van der Waals surface area contributed by atoms with Gasteiger partial charge in [0.05, 0.1) is 6.61 Å². The molecule has 1 aliphatic heterocycles. The van der Waals surface area contributed by atoms with E-state index in [0.29, 0.717) is 6.61 Å². The molecule has 0 aromatic heterocycles. The average Bonchev–Trinajstić information content (AvgIpc) is 2.85. The van der Waals surface area contributed by atoms with Gasteiger partial charge in [-0.15, -0.1) is 11.8 Å². The fraction of sp³-hybridized carbons (Fsp3) is 0.321. The van der Waals surface area contributed by atoms with E-state index in [1.54, 1.807) is 0 Å². The molecule has 4 rings (SSSR count). The van der Waals surface area contributed by atoms with E-state index in [9.17, 15) is 4.79 Å². The summed E-state index contributed by atoms with van der Waals surface area (Å²) in [6.07, 6.45) is 1.78. The van der Waals surface area contributed by atoms with E-state index in [0.717, 1.165) is 49.7 Å². The Kier molecular flexibility index (Phi) is 8.45. The molecule has 172 valence electrons. The number of carbonyl (C=O) groups is 1. The van der Waals surface area contributed by atoms with E-state index in [4.69, 9.17) is 4.74 Å². The molecule has 0 radical (unpaired) electrons. The Labute approximate surface area is 201 Å². The third-order valence-electron chi connectivity index (χ3n) is 5.94. The maximum absolute atomic E-state index is 12.8. The summed E-state index contributed by atoms with van der Waals surface area (Å²) >= 11 is 1.82. The van der Waals surface area contributed by atoms with Crippen molar-refractivity contribution in [3.8, 4) is 5.75 Å². The first-order valence-electron chi connectivity index (χ1n) is 11.7. The summed E-state index contributed by atoms with van der Waals surface area (Å²) in [6.45, 7) is 5.46. The summed E-state index contributed by atoms with van der Waals surface area (Å²) in [4.78, 5) is 16.5. The lowest BCUT2D eigenvalue weighted by molar-refractivity contribution is -0.121. The van der Waals surface area contributed by atoms with Gasteiger partial charge in [0.1, 0.15) is 5.75 Å². The normalized spacial score (nSPS) is 14.7. The largest absolute Gasteiger partial charge is 0.494 e. The molecule has 1 aliphatic rings. The first kappa shape index (κ1) is 23.4. The molecule has 1 amide bonds. The first-order valence-corrected chi connectivity index (χ1v) is 12.7. The van der Waals surface area contributed by atoms with Crippen molar-refractivity contribution in [3.63, 3.8) is 0 Å². The molecule has 4 nitrogen and oxygen atoms in total. The van der Waals surface area contributed by atoms with Gasteiger partial charge in [0.15, 0.2) is 0 Å². The lowest BCUT2D eigenvalue weighted by Crippen LogP contribution is -2.37. The number of nitrogens with one attached hydrogen (secondary N) is 1. The lowest BCUT2D eigenvalue weighted by atomic mass is 9.95. The number of carbonyl (C=O) groups excluding carboxylic acids is 1. The lowest BCUT2D eigenvalue weighted by Gasteiger charge is -2.31. The molecule has 0 saturated carbocycles. The zero-order valence-corrected chi connectivity index (χ0v) is 20.0. The van der Waals surface area contributed by atoms with Crippen LogP contribution in [0.4, 0.5) is 5.69 Å². The Morgan fingerprint density at radius 2 is 1.73 bits per heavy atom. The Morgan fingerprint density at radius 3 is 2.45 bits per heavy atom. The van der Waals surface area contributed by atoms with Gasteiger partial charge in [-0.1, -0.05) is 42.5 Å². The van der Waals surface area contributed by atoms with Crippen molar-refractivity contribution in [2.24, 2.45) is 5.92 Å². The third kappa shape index (κ3) is 7.11. The van der Waals surface area contributed by atoms with E-state index in [2.05, 4.69) is 58.7 Å². The van der Waals surface area contributed by atoms with Gasteiger partial charge >= 0.3 is 0 Å². The number of anilines is 1. The number of hydrogen-bond donors (Lipinski definition) is 1. The second kappa shape index (κ2) is 11.9. The van der Waals surface area contributed by atoms with Crippen LogP contribution in [0.15, 0.2) is 83.8 Å². The van der Waals surface area contributed by atoms with Crippen LogP contribution in [0.5, 0.6) is 5.75 Å². The van der Waals surface area contributed by atoms with Crippen molar-refractivity contribution in [3.05, 3.63) is 90.0 Å². The molecule has 0 bridgehead atoms. The maximum Gasteiger partial charge on any atom is 0.227 e. The number of ether oxygens (including phenoxy) is 1. The summed E-state index contributed by atoms with van der Waals surface area (Å²) in [5.41, 5.74) is 3.39. The van der Waals surface area contributed by atoms with Gasteiger partial charge in [0.25, 0.3) is 0 Å². The number of hydrogen-bond acceptors (Lipinski definition) is 4. The van der Waals surface area contributed by atoms with Crippen molar-refractivity contribution in [1.29, 1.82) is 0 Å². The van der Waals surface area contributed by atoms with E-state index in [1.165, 1.54) is 16.0 Å². The smallest absolute Gasteiger partial charge is 0.227 e. The standard InChI is InChI=1S/C28H32N2O2S/c1-2-32-26-8-6-7-23(19-26)20-30-17-15-24(16-18-30)28(31)29-25-13-11-22(12-14-25)21-33-27-9-4-3-5-10-27/h3-14,19,24H,2,15-18,20-21H2,1H3,(H,29,31). The minimum Gasteiger partial charge on any atom is -0.494 e. The minimum atomic E-state index is 0.0734. The summed E-state index contributed by atoms with van der Waals surface area (Å²) in [5.74, 6) is 2.06. The third-order valence-corrected chi connectivity index (χ3v) is 7.03. The Bertz CT molecular complexity index is 1020. The average molecular weight is 461 g/mol. The second-order valence-electron chi connectivity index (χ2n) is 8.42. The number of likely N-dealkylation sites (tertiary alicyclic amines) is 1. The van der Waals surface area contributed by atoms with Crippen molar-refractivity contribution >= 4 is 23.4 Å². The number of rotatable bonds is 9. The molecular formula is C28H32N2O2S. The predicted molar refractivity (Wildman–Crippen MR) is 137 cm³/mol. The Morgan fingerprint density at radius 1 is 0.970 bits per heavy atom. The summed E-state index contributed by atoms with van der Waals surface area (Å²) in [5, 5.41) is 3.12. The van der Waals surface area contributed by atoms with Crippen LogP contribution in [0, 0.1) is 5.92 Å². The molecule has 3 aromatic carbocycles. The highest BCUT2D eigenvalue weighted by Gasteiger charge is 2.25. The number of piperidine rings is 1. The van der Waals surface area contributed by atoms with Crippen LogP contribution in [0.3, 0.4) is 0 Å². The molecule has 0 unspecified atom stereocenters. The van der Waals surface area contributed by atoms with Gasteiger partial charge in [-0.05, 0) is 80.4 Å². The van der Waals surface area contributed by atoms with Crippen LogP contribution >= 0.6 is 11.8 Å². The number of amides is 1. The zero-order valence-electron chi connectivity index (χ0n) is 19.2. The van der Waals surface area contributed by atoms with Crippen molar-refractivity contribution in [2.75, 3.05) is 25.0 Å². The number of benzene rings is 3. The highest BCUT2D eigenvalue weighted by atomic mass is 32.2.